The Kier molecular flexibility index (Phi) is 5.77. The third kappa shape index (κ3) is 4.91. The van der Waals surface area contributed by atoms with Gasteiger partial charge in [-0.3, -0.25) is 14.5 Å². The summed E-state index contributed by atoms with van der Waals surface area (Å²) in [5, 5.41) is 7.18. The summed E-state index contributed by atoms with van der Waals surface area (Å²) in [7, 11) is 0. The number of nitrogens with zero attached hydrogens (tertiary/aromatic N) is 1. The van der Waals surface area contributed by atoms with Crippen molar-refractivity contribution in [2.75, 3.05) is 0 Å². The molecule has 0 radical (unpaired) electrons. The molecule has 3 aliphatic heterocycles. The van der Waals surface area contributed by atoms with Gasteiger partial charge < -0.3 is 15.4 Å². The lowest BCUT2D eigenvalue weighted by Gasteiger charge is -2.48. The predicted octanol–water partition coefficient (Wildman–Crippen LogP) is 4.06. The number of carbonyl (C=O) groups excluding carboxylic acids is 3. The van der Waals surface area contributed by atoms with E-state index in [9.17, 15) is 14.4 Å². The van der Waals surface area contributed by atoms with Crippen LogP contribution in [0, 0.1) is 0 Å². The molecule has 3 heterocycles. The lowest BCUT2D eigenvalue weighted by Crippen LogP contribution is -2.62. The van der Waals surface area contributed by atoms with Gasteiger partial charge in [0.05, 0.1) is 16.7 Å². The van der Waals surface area contributed by atoms with Crippen molar-refractivity contribution in [1.82, 2.24) is 15.5 Å². The van der Waals surface area contributed by atoms with Crippen LogP contribution in [0.5, 0.6) is 0 Å². The summed E-state index contributed by atoms with van der Waals surface area (Å²) in [5.74, 6) is -1.05. The molecule has 0 atom stereocenters. The molecular formula is C27H39N3O4. The smallest absolute Gasteiger partial charge is 0.338 e. The summed E-state index contributed by atoms with van der Waals surface area (Å²) in [6, 6.07) is 4.53. The van der Waals surface area contributed by atoms with Gasteiger partial charge in [0.2, 0.25) is 0 Å². The van der Waals surface area contributed by atoms with Crippen LogP contribution in [0.15, 0.2) is 18.2 Å². The van der Waals surface area contributed by atoms with Crippen molar-refractivity contribution in [3.05, 3.63) is 34.9 Å². The first-order chi connectivity index (χ1) is 15.5. The second-order valence-electron chi connectivity index (χ2n) is 13.0. The van der Waals surface area contributed by atoms with Gasteiger partial charge in [-0.25, -0.2) is 4.79 Å². The van der Waals surface area contributed by atoms with Gasteiger partial charge in [0.25, 0.3) is 11.8 Å². The minimum absolute atomic E-state index is 0.149. The SMILES string of the molecule is CC1(C)CC(OC(=O)c2ccc3c(c2)C(=O)N(C2CC(C)(C)NC(C)(C)C2)C3=O)CC(C)(C)N1. The number of rotatable bonds is 3. The van der Waals surface area contributed by atoms with E-state index in [1.165, 1.54) is 11.0 Å². The molecule has 2 fully saturated rings. The molecule has 0 saturated carbocycles. The summed E-state index contributed by atoms with van der Waals surface area (Å²) in [6.45, 7) is 16.8. The molecule has 1 aromatic carbocycles. The van der Waals surface area contributed by atoms with E-state index in [-0.39, 0.29) is 46.1 Å². The van der Waals surface area contributed by atoms with E-state index in [1.807, 2.05) is 0 Å². The van der Waals surface area contributed by atoms with E-state index in [0.29, 0.717) is 42.4 Å². The Labute approximate surface area is 203 Å². The first kappa shape index (κ1) is 24.9. The summed E-state index contributed by atoms with van der Waals surface area (Å²) in [4.78, 5) is 41.0. The van der Waals surface area contributed by atoms with Crippen molar-refractivity contribution in [2.24, 2.45) is 0 Å². The quantitative estimate of drug-likeness (QED) is 0.513. The first-order valence-corrected chi connectivity index (χ1v) is 12.3. The van der Waals surface area contributed by atoms with Crippen LogP contribution in [-0.2, 0) is 4.74 Å². The highest BCUT2D eigenvalue weighted by Crippen LogP contribution is 2.36. The zero-order valence-electron chi connectivity index (χ0n) is 21.8. The van der Waals surface area contributed by atoms with Gasteiger partial charge in [0, 0.05) is 41.0 Å². The lowest BCUT2D eigenvalue weighted by molar-refractivity contribution is -0.00641. The Morgan fingerprint density at radius 2 is 1.26 bits per heavy atom. The van der Waals surface area contributed by atoms with Crippen LogP contribution in [0.3, 0.4) is 0 Å². The molecule has 3 aliphatic rings. The maximum atomic E-state index is 13.4. The molecule has 0 bridgehead atoms. The van der Waals surface area contributed by atoms with Gasteiger partial charge >= 0.3 is 5.97 Å². The lowest BCUT2D eigenvalue weighted by atomic mass is 9.79. The number of nitrogens with one attached hydrogen (secondary N) is 2. The molecule has 0 spiro atoms. The van der Waals surface area contributed by atoms with Gasteiger partial charge in [0.1, 0.15) is 6.10 Å². The molecule has 7 nitrogen and oxygen atoms in total. The molecule has 4 rings (SSSR count). The van der Waals surface area contributed by atoms with E-state index in [0.717, 1.165) is 0 Å². The van der Waals surface area contributed by atoms with Crippen molar-refractivity contribution >= 4 is 17.8 Å². The highest BCUT2D eigenvalue weighted by molar-refractivity contribution is 6.22. The van der Waals surface area contributed by atoms with Crippen LogP contribution >= 0.6 is 0 Å². The number of esters is 1. The third-order valence-electron chi connectivity index (χ3n) is 7.11. The standard InChI is InChI=1S/C27H39N3O4/c1-24(2)12-17(13-25(3,4)28-24)30-21(31)19-10-9-16(11-20(19)22(30)32)23(33)34-18-14-26(5,6)29-27(7,8)15-18/h9-11,17-18,28-29H,12-15H2,1-8H3. The van der Waals surface area contributed by atoms with Crippen molar-refractivity contribution in [1.29, 1.82) is 0 Å². The summed E-state index contributed by atoms with van der Waals surface area (Å²) >= 11 is 0. The molecule has 34 heavy (non-hydrogen) atoms. The van der Waals surface area contributed by atoms with Gasteiger partial charge in [-0.2, -0.15) is 0 Å². The fraction of sp³-hybridized carbons (Fsp3) is 0.667. The highest BCUT2D eigenvalue weighted by Gasteiger charge is 2.47. The summed E-state index contributed by atoms with van der Waals surface area (Å²) in [6.07, 6.45) is 2.55. The van der Waals surface area contributed by atoms with Gasteiger partial charge in [-0.1, -0.05) is 0 Å². The average Bonchev–Trinajstić information content (AvgIpc) is 2.86. The Balaban J connectivity index is 1.54. The second-order valence-corrected chi connectivity index (χ2v) is 13.0. The average molecular weight is 470 g/mol. The number of fused-ring (bicyclic) bond motifs is 1. The van der Waals surface area contributed by atoms with Crippen LogP contribution in [-0.4, -0.2) is 57.0 Å². The zero-order chi connectivity index (χ0) is 25.3. The third-order valence-corrected chi connectivity index (χ3v) is 7.11. The monoisotopic (exact) mass is 469 g/mol. The Bertz CT molecular complexity index is 1010. The maximum absolute atomic E-state index is 13.4. The minimum Gasteiger partial charge on any atom is -0.459 e. The van der Waals surface area contributed by atoms with Gasteiger partial charge in [-0.05, 0) is 86.4 Å². The summed E-state index contributed by atoms with van der Waals surface area (Å²) < 4.78 is 5.87. The molecule has 2 saturated heterocycles. The maximum Gasteiger partial charge on any atom is 0.338 e. The van der Waals surface area contributed by atoms with Crippen molar-refractivity contribution < 1.29 is 19.1 Å². The molecule has 2 N–H and O–H groups in total. The van der Waals surface area contributed by atoms with Gasteiger partial charge in [-0.15, -0.1) is 0 Å². The van der Waals surface area contributed by atoms with E-state index >= 15 is 0 Å². The predicted molar refractivity (Wildman–Crippen MR) is 131 cm³/mol. The molecule has 0 unspecified atom stereocenters. The Morgan fingerprint density at radius 1 is 0.794 bits per heavy atom. The molecule has 0 aromatic heterocycles. The zero-order valence-corrected chi connectivity index (χ0v) is 21.8. The number of ether oxygens (including phenoxy) is 1. The Hall–Kier alpha value is -2.25. The van der Waals surface area contributed by atoms with Crippen LogP contribution in [0.2, 0.25) is 0 Å². The van der Waals surface area contributed by atoms with Crippen LogP contribution in [0.1, 0.15) is 112 Å². The van der Waals surface area contributed by atoms with Gasteiger partial charge in [0.15, 0.2) is 0 Å². The fourth-order valence-electron chi connectivity index (χ4n) is 6.70. The molecule has 2 amide bonds. The van der Waals surface area contributed by atoms with Crippen molar-refractivity contribution in [2.45, 2.75) is 115 Å². The van der Waals surface area contributed by atoms with E-state index in [4.69, 9.17) is 4.74 Å². The number of benzene rings is 1. The van der Waals surface area contributed by atoms with E-state index in [2.05, 4.69) is 66.0 Å². The fourth-order valence-corrected chi connectivity index (χ4v) is 6.70. The largest absolute Gasteiger partial charge is 0.459 e. The minimum atomic E-state index is -0.455. The normalized spacial score (nSPS) is 25.8. The van der Waals surface area contributed by atoms with Crippen molar-refractivity contribution in [3.8, 4) is 0 Å². The highest BCUT2D eigenvalue weighted by atomic mass is 16.5. The topological polar surface area (TPSA) is 87.7 Å². The van der Waals surface area contributed by atoms with E-state index in [1.54, 1.807) is 12.1 Å². The van der Waals surface area contributed by atoms with Crippen LogP contribution in [0.25, 0.3) is 0 Å². The van der Waals surface area contributed by atoms with Crippen LogP contribution in [0.4, 0.5) is 0 Å². The number of hydrogen-bond acceptors (Lipinski definition) is 6. The molecule has 1 aromatic rings. The number of imide groups is 1. The number of amides is 2. The summed E-state index contributed by atoms with van der Waals surface area (Å²) in [5.41, 5.74) is 0.259. The number of hydrogen-bond donors (Lipinski definition) is 2. The molecule has 0 aliphatic carbocycles. The Morgan fingerprint density at radius 3 is 1.79 bits per heavy atom. The number of carbonyl (C=O) groups is 3. The second kappa shape index (κ2) is 7.89. The van der Waals surface area contributed by atoms with Crippen LogP contribution < -0.4 is 10.6 Å². The number of piperidine rings is 2. The molecular weight excluding hydrogens is 430 g/mol. The first-order valence-electron chi connectivity index (χ1n) is 12.3. The molecule has 7 heteroatoms. The van der Waals surface area contributed by atoms with Crippen molar-refractivity contribution in [3.63, 3.8) is 0 Å². The van der Waals surface area contributed by atoms with E-state index < -0.39 is 5.97 Å². The molecule has 186 valence electrons.